The van der Waals surface area contributed by atoms with E-state index in [1.165, 1.54) is 42.0 Å². The minimum absolute atomic E-state index is 0. The Labute approximate surface area is 201 Å². The number of carbonyl (C=O) groups excluding carboxylic acids is 1. The third kappa shape index (κ3) is 5.11. The molecule has 1 aromatic heterocycles. The number of hydrogen-bond acceptors (Lipinski definition) is 3. The zero-order valence-electron chi connectivity index (χ0n) is 17.8. The molecule has 1 aliphatic carbocycles. The minimum atomic E-state index is -0.125. The van der Waals surface area contributed by atoms with Gasteiger partial charge in [0.1, 0.15) is 0 Å². The van der Waals surface area contributed by atoms with E-state index < -0.39 is 0 Å². The zero-order valence-corrected chi connectivity index (χ0v) is 20.2. The fourth-order valence-corrected chi connectivity index (χ4v) is 3.73. The van der Waals surface area contributed by atoms with E-state index in [9.17, 15) is 4.79 Å². The van der Waals surface area contributed by atoms with Crippen LogP contribution in [0.2, 0.25) is 0 Å². The van der Waals surface area contributed by atoms with Gasteiger partial charge in [0, 0.05) is 31.6 Å². The molecular weight excluding hydrogens is 575 g/mol. The van der Waals surface area contributed by atoms with E-state index in [2.05, 4.69) is 72.8 Å². The maximum absolute atomic E-state index is 10.0. The van der Waals surface area contributed by atoms with Crippen molar-refractivity contribution in [2.75, 3.05) is 0 Å². The number of aliphatic hydroxyl groups is 1. The van der Waals surface area contributed by atoms with Gasteiger partial charge in [-0.25, -0.2) is 0 Å². The minimum Gasteiger partial charge on any atom is -0.512 e. The SMILES string of the molecule is CC(=O)C=C(C)O.[Ir].[c-]1cccc(-c2ccccc2)c1-c1cc2c3c(cccc3n1)C=C2. The molecule has 0 spiro atoms. The van der Waals surface area contributed by atoms with E-state index in [1.54, 1.807) is 0 Å². The Kier molecular flexibility index (Phi) is 7.53. The van der Waals surface area contributed by atoms with Crippen LogP contribution in [-0.4, -0.2) is 15.9 Å². The van der Waals surface area contributed by atoms with Gasteiger partial charge < -0.3 is 5.11 Å². The summed E-state index contributed by atoms with van der Waals surface area (Å²) in [6.45, 7) is 2.85. The fourth-order valence-electron chi connectivity index (χ4n) is 3.73. The Morgan fingerprint density at radius 2 is 1.69 bits per heavy atom. The molecular formula is C28H22IrNO2-. The fraction of sp³-hybridized carbons (Fsp3) is 0.0714. The van der Waals surface area contributed by atoms with E-state index in [4.69, 9.17) is 10.1 Å². The van der Waals surface area contributed by atoms with Crippen molar-refractivity contribution in [3.05, 3.63) is 102 Å². The van der Waals surface area contributed by atoms with Crippen LogP contribution in [0.4, 0.5) is 0 Å². The first-order valence-corrected chi connectivity index (χ1v) is 10.1. The van der Waals surface area contributed by atoms with Crippen molar-refractivity contribution in [2.45, 2.75) is 13.8 Å². The van der Waals surface area contributed by atoms with E-state index in [-0.39, 0.29) is 31.6 Å². The number of carbonyl (C=O) groups is 1. The number of aromatic nitrogens is 1. The summed E-state index contributed by atoms with van der Waals surface area (Å²) in [5, 5.41) is 9.61. The van der Waals surface area contributed by atoms with Gasteiger partial charge in [0.05, 0.1) is 11.3 Å². The van der Waals surface area contributed by atoms with Gasteiger partial charge in [-0.2, -0.15) is 0 Å². The van der Waals surface area contributed by atoms with Gasteiger partial charge in [-0.05, 0) is 36.7 Å². The van der Waals surface area contributed by atoms with Crippen LogP contribution in [-0.2, 0) is 24.9 Å². The van der Waals surface area contributed by atoms with Crippen LogP contribution in [0.3, 0.4) is 0 Å². The Bertz CT molecular complexity index is 1320. The molecule has 0 amide bonds. The predicted molar refractivity (Wildman–Crippen MR) is 127 cm³/mol. The third-order valence-corrected chi connectivity index (χ3v) is 4.95. The summed E-state index contributed by atoms with van der Waals surface area (Å²) in [7, 11) is 0. The van der Waals surface area contributed by atoms with Crippen molar-refractivity contribution >= 4 is 28.8 Å². The first kappa shape index (κ1) is 23.3. The molecule has 0 saturated carbocycles. The van der Waals surface area contributed by atoms with Gasteiger partial charge in [0.15, 0.2) is 5.78 Å². The van der Waals surface area contributed by atoms with E-state index in [0.29, 0.717) is 0 Å². The summed E-state index contributed by atoms with van der Waals surface area (Å²) in [6.07, 6.45) is 5.50. The van der Waals surface area contributed by atoms with Gasteiger partial charge in [0.25, 0.3) is 0 Å². The smallest absolute Gasteiger partial charge is 0.155 e. The maximum Gasteiger partial charge on any atom is 0.155 e. The number of nitrogens with zero attached hydrogens (tertiary/aromatic N) is 1. The standard InChI is InChI=1S/C23H14N.C5H8O2.Ir/c1-2-7-16(8-3-1)19-10-4-5-11-20(19)22-15-18-14-13-17-9-6-12-21(24-22)23(17)18;1-4(6)3-5(2)7;/h1-10,12-15H;3,6H,1-2H3;/q-1;;. The Balaban J connectivity index is 0.000000318. The second kappa shape index (κ2) is 10.3. The van der Waals surface area contributed by atoms with Crippen molar-refractivity contribution in [3.8, 4) is 22.4 Å². The number of rotatable bonds is 3. The quantitative estimate of drug-likeness (QED) is 0.140. The Morgan fingerprint density at radius 1 is 0.938 bits per heavy atom. The van der Waals surface area contributed by atoms with Crippen molar-refractivity contribution in [2.24, 2.45) is 0 Å². The summed E-state index contributed by atoms with van der Waals surface area (Å²) >= 11 is 0. The summed E-state index contributed by atoms with van der Waals surface area (Å²) in [4.78, 5) is 14.9. The normalized spacial score (nSPS) is 11.5. The average molecular weight is 597 g/mol. The molecule has 4 heteroatoms. The molecule has 161 valence electrons. The van der Waals surface area contributed by atoms with Crippen molar-refractivity contribution in [1.29, 1.82) is 0 Å². The van der Waals surface area contributed by atoms with E-state index >= 15 is 0 Å². The van der Waals surface area contributed by atoms with E-state index in [1.807, 2.05) is 18.2 Å². The van der Waals surface area contributed by atoms with Crippen LogP contribution >= 0.6 is 0 Å². The molecule has 1 heterocycles. The second-order valence-electron chi connectivity index (χ2n) is 7.39. The molecule has 1 radical (unpaired) electrons. The Morgan fingerprint density at radius 3 is 2.38 bits per heavy atom. The van der Waals surface area contributed by atoms with Crippen molar-refractivity contribution in [1.82, 2.24) is 4.98 Å². The van der Waals surface area contributed by atoms with E-state index in [0.717, 1.165) is 22.3 Å². The second-order valence-corrected chi connectivity index (χ2v) is 7.39. The summed E-state index contributed by atoms with van der Waals surface area (Å²) < 4.78 is 0. The molecule has 0 aliphatic heterocycles. The largest absolute Gasteiger partial charge is 0.512 e. The first-order chi connectivity index (χ1) is 15.0. The van der Waals surface area contributed by atoms with Gasteiger partial charge in [-0.1, -0.05) is 71.8 Å². The molecule has 1 aliphatic rings. The zero-order chi connectivity index (χ0) is 21.8. The molecule has 0 unspecified atom stereocenters. The molecule has 0 fully saturated rings. The van der Waals surface area contributed by atoms with Gasteiger partial charge in [-0.3, -0.25) is 9.78 Å². The van der Waals surface area contributed by atoms with Gasteiger partial charge in [0.2, 0.25) is 0 Å². The van der Waals surface area contributed by atoms with Crippen molar-refractivity contribution < 1.29 is 30.0 Å². The topological polar surface area (TPSA) is 50.2 Å². The van der Waals surface area contributed by atoms with Crippen LogP contribution in [0.15, 0.2) is 84.6 Å². The van der Waals surface area contributed by atoms with Crippen LogP contribution in [0.1, 0.15) is 25.0 Å². The van der Waals surface area contributed by atoms with Crippen LogP contribution in [0.25, 0.3) is 45.4 Å². The molecule has 32 heavy (non-hydrogen) atoms. The number of benzene rings is 3. The molecule has 4 aromatic rings. The summed E-state index contributed by atoms with van der Waals surface area (Å²) in [5.74, 6) is -0.0625. The van der Waals surface area contributed by atoms with Crippen LogP contribution in [0, 0.1) is 6.07 Å². The Hall–Kier alpha value is -3.33. The number of hydrogen-bond donors (Lipinski definition) is 1. The molecule has 3 nitrogen and oxygen atoms in total. The van der Waals surface area contributed by atoms with Gasteiger partial charge in [-0.15, -0.1) is 29.8 Å². The van der Waals surface area contributed by atoms with Crippen LogP contribution < -0.4 is 0 Å². The molecule has 3 aromatic carbocycles. The molecule has 0 saturated heterocycles. The number of pyridine rings is 1. The number of allylic oxidation sites excluding steroid dienone is 2. The monoisotopic (exact) mass is 597 g/mol. The van der Waals surface area contributed by atoms with Crippen molar-refractivity contribution in [3.63, 3.8) is 0 Å². The molecule has 1 N–H and O–H groups in total. The third-order valence-electron chi connectivity index (χ3n) is 4.95. The molecule has 5 rings (SSSR count). The van der Waals surface area contributed by atoms with Crippen LogP contribution in [0.5, 0.6) is 0 Å². The molecule has 0 atom stereocenters. The maximum atomic E-state index is 10.0. The summed E-state index contributed by atoms with van der Waals surface area (Å²) in [6, 6.07) is 28.4. The predicted octanol–water partition coefficient (Wildman–Crippen LogP) is 6.89. The number of aliphatic hydroxyl groups excluding tert-OH is 1. The number of ketones is 1. The molecule has 0 bridgehead atoms. The first-order valence-electron chi connectivity index (χ1n) is 10.1. The van der Waals surface area contributed by atoms with Gasteiger partial charge >= 0.3 is 0 Å². The summed E-state index contributed by atoms with van der Waals surface area (Å²) in [5.41, 5.74) is 7.90. The average Bonchev–Trinajstić information content (AvgIpc) is 3.18.